The number of amides is 1. The van der Waals surface area contributed by atoms with Gasteiger partial charge in [-0.05, 0) is 20.8 Å². The molecule has 0 spiro atoms. The number of aryl methyl sites for hydroxylation is 2. The van der Waals surface area contributed by atoms with Crippen molar-refractivity contribution < 1.29 is 4.79 Å². The number of likely N-dealkylation sites (N-methyl/N-ethyl adjacent to an activating group) is 1. The molecule has 6 heteroatoms. The molecule has 0 aliphatic carbocycles. The third-order valence-corrected chi connectivity index (χ3v) is 2.84. The maximum Gasteiger partial charge on any atom is 0.241 e. The minimum Gasteiger partial charge on any atom is -0.358 e. The van der Waals surface area contributed by atoms with Gasteiger partial charge in [0.2, 0.25) is 5.91 Å². The SMILES string of the molecule is CCN(C)C(=O)CNc1nc(C)c(C)nc1Cl. The van der Waals surface area contributed by atoms with Gasteiger partial charge in [-0.25, -0.2) is 9.97 Å². The van der Waals surface area contributed by atoms with E-state index < -0.39 is 0 Å². The van der Waals surface area contributed by atoms with Crippen molar-refractivity contribution in [3.8, 4) is 0 Å². The summed E-state index contributed by atoms with van der Waals surface area (Å²) >= 11 is 5.94. The quantitative estimate of drug-likeness (QED) is 0.890. The second kappa shape index (κ2) is 5.82. The summed E-state index contributed by atoms with van der Waals surface area (Å²) in [4.78, 5) is 21.6. The van der Waals surface area contributed by atoms with Crippen molar-refractivity contribution in [2.75, 3.05) is 25.5 Å². The second-order valence-electron chi connectivity index (χ2n) is 3.80. The highest BCUT2D eigenvalue weighted by Gasteiger charge is 2.10. The molecule has 0 saturated carbocycles. The lowest BCUT2D eigenvalue weighted by Gasteiger charge is -2.15. The van der Waals surface area contributed by atoms with Crippen LogP contribution in [0.2, 0.25) is 5.15 Å². The lowest BCUT2D eigenvalue weighted by atomic mass is 10.3. The number of anilines is 1. The average molecular weight is 257 g/mol. The summed E-state index contributed by atoms with van der Waals surface area (Å²) in [5, 5.41) is 3.19. The molecule has 1 N–H and O–H groups in total. The zero-order chi connectivity index (χ0) is 13.0. The van der Waals surface area contributed by atoms with Crippen LogP contribution in [-0.2, 0) is 4.79 Å². The number of carbonyl (C=O) groups is 1. The fourth-order valence-corrected chi connectivity index (χ4v) is 1.39. The molecule has 1 amide bonds. The molecule has 1 aromatic rings. The molecule has 1 heterocycles. The number of hydrogen-bond acceptors (Lipinski definition) is 4. The highest BCUT2D eigenvalue weighted by Crippen LogP contribution is 2.17. The zero-order valence-electron chi connectivity index (χ0n) is 10.5. The van der Waals surface area contributed by atoms with Gasteiger partial charge >= 0.3 is 0 Å². The van der Waals surface area contributed by atoms with Gasteiger partial charge in [-0.1, -0.05) is 11.6 Å². The first-order valence-electron chi connectivity index (χ1n) is 5.44. The molecule has 0 bridgehead atoms. The van der Waals surface area contributed by atoms with E-state index in [1.165, 1.54) is 0 Å². The monoisotopic (exact) mass is 256 g/mol. The van der Waals surface area contributed by atoms with Crippen LogP contribution in [-0.4, -0.2) is 40.9 Å². The van der Waals surface area contributed by atoms with Crippen LogP contribution >= 0.6 is 11.6 Å². The van der Waals surface area contributed by atoms with E-state index in [0.29, 0.717) is 17.5 Å². The van der Waals surface area contributed by atoms with E-state index in [0.717, 1.165) is 11.4 Å². The summed E-state index contributed by atoms with van der Waals surface area (Å²) < 4.78 is 0. The summed E-state index contributed by atoms with van der Waals surface area (Å²) in [5.74, 6) is 0.441. The lowest BCUT2D eigenvalue weighted by Crippen LogP contribution is -2.32. The summed E-state index contributed by atoms with van der Waals surface area (Å²) in [7, 11) is 1.75. The Morgan fingerprint density at radius 1 is 1.35 bits per heavy atom. The van der Waals surface area contributed by atoms with Crippen molar-refractivity contribution in [2.24, 2.45) is 0 Å². The molecule has 0 saturated heterocycles. The van der Waals surface area contributed by atoms with Gasteiger partial charge in [0.15, 0.2) is 11.0 Å². The molecule has 1 rings (SSSR count). The molecule has 0 atom stereocenters. The molecule has 94 valence electrons. The molecule has 0 aromatic carbocycles. The van der Waals surface area contributed by atoms with E-state index in [-0.39, 0.29) is 12.5 Å². The molecule has 0 fully saturated rings. The highest BCUT2D eigenvalue weighted by atomic mass is 35.5. The number of carbonyl (C=O) groups excluding carboxylic acids is 1. The topological polar surface area (TPSA) is 58.1 Å². The number of hydrogen-bond donors (Lipinski definition) is 1. The first kappa shape index (κ1) is 13.7. The van der Waals surface area contributed by atoms with Crippen LogP contribution < -0.4 is 5.32 Å². The van der Waals surface area contributed by atoms with Gasteiger partial charge in [0, 0.05) is 13.6 Å². The average Bonchev–Trinajstić information content (AvgIpc) is 2.30. The Labute approximate surface area is 106 Å². The van der Waals surface area contributed by atoms with Crippen LogP contribution in [0.4, 0.5) is 5.82 Å². The van der Waals surface area contributed by atoms with Gasteiger partial charge in [0.1, 0.15) is 0 Å². The Hall–Kier alpha value is -1.36. The molecule has 0 aliphatic heterocycles. The van der Waals surface area contributed by atoms with Crippen molar-refractivity contribution >= 4 is 23.3 Å². The van der Waals surface area contributed by atoms with Gasteiger partial charge in [-0.2, -0.15) is 0 Å². The highest BCUT2D eigenvalue weighted by molar-refractivity contribution is 6.31. The van der Waals surface area contributed by atoms with Gasteiger partial charge in [-0.15, -0.1) is 0 Å². The smallest absolute Gasteiger partial charge is 0.241 e. The molecular formula is C11H17ClN4O. The predicted octanol–water partition coefficient (Wildman–Crippen LogP) is 1.64. The van der Waals surface area contributed by atoms with Gasteiger partial charge in [0.25, 0.3) is 0 Å². The summed E-state index contributed by atoms with van der Waals surface area (Å²) in [6.07, 6.45) is 0. The Morgan fingerprint density at radius 3 is 2.53 bits per heavy atom. The standard InChI is InChI=1S/C11H17ClN4O/c1-5-16(4)9(17)6-13-11-10(12)14-7(2)8(3)15-11/h5-6H2,1-4H3,(H,13,15). The maximum absolute atomic E-state index is 11.6. The summed E-state index contributed by atoms with van der Waals surface area (Å²) in [6, 6.07) is 0. The van der Waals surface area contributed by atoms with Crippen LogP contribution in [0, 0.1) is 13.8 Å². The van der Waals surface area contributed by atoms with Gasteiger partial charge < -0.3 is 10.2 Å². The van der Waals surface area contributed by atoms with Crippen LogP contribution in [0.5, 0.6) is 0 Å². The Bertz CT molecular complexity index is 422. The number of halogens is 1. The Morgan fingerprint density at radius 2 is 1.94 bits per heavy atom. The van der Waals surface area contributed by atoms with E-state index in [1.807, 2.05) is 20.8 Å². The van der Waals surface area contributed by atoms with E-state index in [4.69, 9.17) is 11.6 Å². The molecular weight excluding hydrogens is 240 g/mol. The van der Waals surface area contributed by atoms with E-state index in [2.05, 4.69) is 15.3 Å². The number of aromatic nitrogens is 2. The van der Waals surface area contributed by atoms with Crippen molar-refractivity contribution in [3.05, 3.63) is 16.5 Å². The summed E-state index contributed by atoms with van der Waals surface area (Å²) in [6.45, 7) is 6.45. The largest absolute Gasteiger partial charge is 0.358 e. The van der Waals surface area contributed by atoms with E-state index >= 15 is 0 Å². The van der Waals surface area contributed by atoms with Crippen LogP contribution in [0.1, 0.15) is 18.3 Å². The van der Waals surface area contributed by atoms with Crippen LogP contribution in [0.3, 0.4) is 0 Å². The van der Waals surface area contributed by atoms with Crippen LogP contribution in [0.15, 0.2) is 0 Å². The van der Waals surface area contributed by atoms with E-state index in [1.54, 1.807) is 11.9 Å². The number of nitrogens with one attached hydrogen (secondary N) is 1. The normalized spacial score (nSPS) is 10.2. The minimum atomic E-state index is -0.0106. The fraction of sp³-hybridized carbons (Fsp3) is 0.545. The van der Waals surface area contributed by atoms with Crippen molar-refractivity contribution in [3.63, 3.8) is 0 Å². The molecule has 0 unspecified atom stereocenters. The Kier molecular flexibility index (Phi) is 4.69. The molecule has 5 nitrogen and oxygen atoms in total. The molecule has 0 aliphatic rings. The van der Waals surface area contributed by atoms with Gasteiger partial charge in [-0.3, -0.25) is 4.79 Å². The molecule has 1 aromatic heterocycles. The van der Waals surface area contributed by atoms with Crippen molar-refractivity contribution in [1.29, 1.82) is 0 Å². The summed E-state index contributed by atoms with van der Waals surface area (Å²) in [5.41, 5.74) is 1.59. The first-order valence-corrected chi connectivity index (χ1v) is 5.82. The first-order chi connectivity index (χ1) is 7.95. The maximum atomic E-state index is 11.6. The van der Waals surface area contributed by atoms with Crippen molar-refractivity contribution in [1.82, 2.24) is 14.9 Å². The number of rotatable bonds is 4. The molecule has 17 heavy (non-hydrogen) atoms. The predicted molar refractivity (Wildman–Crippen MR) is 68.3 cm³/mol. The fourth-order valence-electron chi connectivity index (χ4n) is 1.16. The minimum absolute atomic E-state index is 0.0106. The van der Waals surface area contributed by atoms with E-state index in [9.17, 15) is 4.79 Å². The zero-order valence-corrected chi connectivity index (χ0v) is 11.3. The van der Waals surface area contributed by atoms with Crippen molar-refractivity contribution in [2.45, 2.75) is 20.8 Å². The van der Waals surface area contributed by atoms with Crippen LogP contribution in [0.25, 0.3) is 0 Å². The van der Waals surface area contributed by atoms with Gasteiger partial charge in [0.05, 0.1) is 17.9 Å². The third-order valence-electron chi connectivity index (χ3n) is 2.57. The number of nitrogens with zero attached hydrogens (tertiary/aromatic N) is 3. The lowest BCUT2D eigenvalue weighted by molar-refractivity contribution is -0.127. The second-order valence-corrected chi connectivity index (χ2v) is 4.15. The third kappa shape index (κ3) is 3.56. The molecule has 0 radical (unpaired) electrons. The Balaban J connectivity index is 2.70.